The van der Waals surface area contributed by atoms with E-state index in [0.29, 0.717) is 5.54 Å². The fourth-order valence-corrected chi connectivity index (χ4v) is 2.99. The van der Waals surface area contributed by atoms with Gasteiger partial charge in [-0.15, -0.1) is 0 Å². The second kappa shape index (κ2) is 5.67. The van der Waals surface area contributed by atoms with E-state index < -0.39 is 0 Å². The Hall–Kier alpha value is -0.830. The van der Waals surface area contributed by atoms with Gasteiger partial charge in [0, 0.05) is 25.8 Å². The third kappa shape index (κ3) is 3.56. The molecule has 1 N–H and O–H groups in total. The Morgan fingerprint density at radius 2 is 1.94 bits per heavy atom. The molecule has 1 saturated carbocycles. The number of amides is 1. The SMILES string of the molecule is C=CC(=O)NCCCC1([N+](C)(C)C)CCCC1. The standard InChI is InChI=1S/C14H26N2O/c1-5-13(17)15-12-8-11-14(16(2,3)4)9-6-7-10-14/h5H,1,6-12H2,2-4H3/p+1. The van der Waals surface area contributed by atoms with Gasteiger partial charge in [-0.3, -0.25) is 4.79 Å². The van der Waals surface area contributed by atoms with E-state index in [1.54, 1.807) is 0 Å². The first-order valence-corrected chi connectivity index (χ1v) is 6.63. The molecule has 0 heterocycles. The van der Waals surface area contributed by atoms with E-state index in [-0.39, 0.29) is 5.91 Å². The molecule has 0 aromatic heterocycles. The number of quaternary nitrogens is 1. The number of carbonyl (C=O) groups is 1. The van der Waals surface area contributed by atoms with Crippen LogP contribution in [0.15, 0.2) is 12.7 Å². The zero-order valence-corrected chi connectivity index (χ0v) is 11.6. The molecule has 3 heteroatoms. The molecule has 0 saturated heterocycles. The summed E-state index contributed by atoms with van der Waals surface area (Å²) in [7, 11) is 6.90. The van der Waals surface area contributed by atoms with E-state index in [0.717, 1.165) is 17.4 Å². The van der Waals surface area contributed by atoms with Crippen LogP contribution >= 0.6 is 0 Å². The van der Waals surface area contributed by atoms with Gasteiger partial charge in [-0.2, -0.15) is 0 Å². The average molecular weight is 239 g/mol. The van der Waals surface area contributed by atoms with Crippen LogP contribution in [0.2, 0.25) is 0 Å². The van der Waals surface area contributed by atoms with Crippen LogP contribution in [0.25, 0.3) is 0 Å². The predicted molar refractivity (Wildman–Crippen MR) is 71.7 cm³/mol. The molecule has 17 heavy (non-hydrogen) atoms. The minimum atomic E-state index is -0.0595. The number of nitrogens with one attached hydrogen (secondary N) is 1. The normalized spacial score (nSPS) is 19.0. The molecule has 0 bridgehead atoms. The smallest absolute Gasteiger partial charge is 0.243 e. The zero-order valence-electron chi connectivity index (χ0n) is 11.6. The molecule has 0 aliphatic heterocycles. The first kappa shape index (κ1) is 14.2. The summed E-state index contributed by atoms with van der Waals surface area (Å²) in [5.74, 6) is -0.0595. The minimum Gasteiger partial charge on any atom is -0.353 e. The van der Waals surface area contributed by atoms with Crippen LogP contribution in [-0.2, 0) is 4.79 Å². The highest BCUT2D eigenvalue weighted by atomic mass is 16.1. The van der Waals surface area contributed by atoms with Crippen molar-refractivity contribution < 1.29 is 9.28 Å². The summed E-state index contributed by atoms with van der Waals surface area (Å²) in [6, 6.07) is 0. The number of carbonyl (C=O) groups excluding carboxylic acids is 1. The van der Waals surface area contributed by atoms with Gasteiger partial charge in [0.2, 0.25) is 5.91 Å². The Morgan fingerprint density at radius 1 is 1.35 bits per heavy atom. The van der Waals surface area contributed by atoms with Gasteiger partial charge in [-0.05, 0) is 25.3 Å². The lowest BCUT2D eigenvalue weighted by molar-refractivity contribution is -0.924. The minimum absolute atomic E-state index is 0.0595. The summed E-state index contributed by atoms with van der Waals surface area (Å²) in [4.78, 5) is 11.1. The summed E-state index contributed by atoms with van der Waals surface area (Å²) in [6.45, 7) is 4.23. The van der Waals surface area contributed by atoms with Gasteiger partial charge in [-0.25, -0.2) is 0 Å². The summed E-state index contributed by atoms with van der Waals surface area (Å²) in [5, 5.41) is 2.86. The van der Waals surface area contributed by atoms with E-state index >= 15 is 0 Å². The number of hydrogen-bond acceptors (Lipinski definition) is 1. The lowest BCUT2D eigenvalue weighted by Gasteiger charge is -2.44. The monoisotopic (exact) mass is 239 g/mol. The fraction of sp³-hybridized carbons (Fsp3) is 0.786. The number of nitrogens with zero attached hydrogens (tertiary/aromatic N) is 1. The van der Waals surface area contributed by atoms with Crippen molar-refractivity contribution in [2.24, 2.45) is 0 Å². The summed E-state index contributed by atoms with van der Waals surface area (Å²) in [6.07, 6.45) is 8.97. The second-order valence-corrected chi connectivity index (χ2v) is 6.04. The molecule has 0 spiro atoms. The highest BCUT2D eigenvalue weighted by molar-refractivity contribution is 5.86. The maximum atomic E-state index is 11.1. The van der Waals surface area contributed by atoms with Crippen molar-refractivity contribution in [1.82, 2.24) is 5.32 Å². The van der Waals surface area contributed by atoms with Crippen LogP contribution in [0.1, 0.15) is 38.5 Å². The van der Waals surface area contributed by atoms with E-state index in [4.69, 9.17) is 0 Å². The molecule has 0 aromatic carbocycles. The quantitative estimate of drug-likeness (QED) is 0.429. The highest BCUT2D eigenvalue weighted by Crippen LogP contribution is 2.40. The first-order chi connectivity index (χ1) is 7.91. The Labute approximate surface area is 105 Å². The molecule has 0 unspecified atom stereocenters. The van der Waals surface area contributed by atoms with Gasteiger partial charge in [-0.1, -0.05) is 6.58 Å². The molecule has 1 aliphatic carbocycles. The van der Waals surface area contributed by atoms with E-state index in [9.17, 15) is 4.79 Å². The van der Waals surface area contributed by atoms with E-state index in [1.807, 2.05) is 0 Å². The molecule has 0 aromatic rings. The largest absolute Gasteiger partial charge is 0.353 e. The van der Waals surface area contributed by atoms with Gasteiger partial charge < -0.3 is 9.80 Å². The van der Waals surface area contributed by atoms with Crippen LogP contribution in [0.4, 0.5) is 0 Å². The molecule has 3 nitrogen and oxygen atoms in total. The van der Waals surface area contributed by atoms with Crippen molar-refractivity contribution >= 4 is 5.91 Å². The lowest BCUT2D eigenvalue weighted by atomic mass is 9.88. The molecular formula is C14H27N2O+. The van der Waals surface area contributed by atoms with Gasteiger partial charge in [0.05, 0.1) is 26.7 Å². The van der Waals surface area contributed by atoms with Crippen molar-refractivity contribution in [2.75, 3.05) is 27.7 Å². The lowest BCUT2D eigenvalue weighted by Crippen LogP contribution is -2.55. The Morgan fingerprint density at radius 3 is 2.41 bits per heavy atom. The van der Waals surface area contributed by atoms with Crippen LogP contribution in [-0.4, -0.2) is 43.6 Å². The molecule has 1 aliphatic rings. The van der Waals surface area contributed by atoms with Crippen molar-refractivity contribution in [2.45, 2.75) is 44.1 Å². The molecule has 1 amide bonds. The maximum absolute atomic E-state index is 11.1. The molecule has 0 atom stereocenters. The third-order valence-corrected chi connectivity index (χ3v) is 4.26. The maximum Gasteiger partial charge on any atom is 0.243 e. The second-order valence-electron chi connectivity index (χ2n) is 6.04. The molecule has 98 valence electrons. The average Bonchev–Trinajstić information content (AvgIpc) is 2.73. The molecule has 0 radical (unpaired) electrons. The Kier molecular flexibility index (Phi) is 4.75. The summed E-state index contributed by atoms with van der Waals surface area (Å²) >= 11 is 0. The van der Waals surface area contributed by atoms with Crippen molar-refractivity contribution in [3.8, 4) is 0 Å². The van der Waals surface area contributed by atoms with Gasteiger partial charge in [0.1, 0.15) is 0 Å². The zero-order chi connectivity index (χ0) is 12.9. The van der Waals surface area contributed by atoms with Crippen molar-refractivity contribution in [1.29, 1.82) is 0 Å². The predicted octanol–water partition coefficient (Wildman–Crippen LogP) is 2.09. The van der Waals surface area contributed by atoms with Crippen LogP contribution in [0.3, 0.4) is 0 Å². The number of hydrogen-bond donors (Lipinski definition) is 1. The third-order valence-electron chi connectivity index (χ3n) is 4.26. The van der Waals surface area contributed by atoms with Crippen LogP contribution in [0.5, 0.6) is 0 Å². The Balaban J connectivity index is 2.41. The number of rotatable bonds is 6. The summed E-state index contributed by atoms with van der Waals surface area (Å²) < 4.78 is 1.04. The van der Waals surface area contributed by atoms with E-state index in [2.05, 4.69) is 33.0 Å². The van der Waals surface area contributed by atoms with Crippen LogP contribution in [0, 0.1) is 0 Å². The molecular weight excluding hydrogens is 212 g/mol. The van der Waals surface area contributed by atoms with Gasteiger partial charge in [0.15, 0.2) is 0 Å². The molecule has 1 fully saturated rings. The topological polar surface area (TPSA) is 29.1 Å². The summed E-state index contributed by atoms with van der Waals surface area (Å²) in [5.41, 5.74) is 0.429. The molecule has 1 rings (SSSR count). The van der Waals surface area contributed by atoms with Gasteiger partial charge >= 0.3 is 0 Å². The highest BCUT2D eigenvalue weighted by Gasteiger charge is 2.44. The van der Waals surface area contributed by atoms with Crippen molar-refractivity contribution in [3.05, 3.63) is 12.7 Å². The van der Waals surface area contributed by atoms with E-state index in [1.165, 1.54) is 38.2 Å². The van der Waals surface area contributed by atoms with Crippen LogP contribution < -0.4 is 5.32 Å². The van der Waals surface area contributed by atoms with Gasteiger partial charge in [0.25, 0.3) is 0 Å². The first-order valence-electron chi connectivity index (χ1n) is 6.63. The Bertz CT molecular complexity index is 272. The fourth-order valence-electron chi connectivity index (χ4n) is 2.99. The van der Waals surface area contributed by atoms with Crippen molar-refractivity contribution in [3.63, 3.8) is 0 Å².